The van der Waals surface area contributed by atoms with Gasteiger partial charge in [0.15, 0.2) is 0 Å². The maximum absolute atomic E-state index is 10.8. The smallest absolute Gasteiger partial charge is 0.320 e. The first-order valence-corrected chi connectivity index (χ1v) is 6.11. The zero-order valence-electron chi connectivity index (χ0n) is 10.6. The van der Waals surface area contributed by atoms with Gasteiger partial charge in [-0.05, 0) is 33.9 Å². The van der Waals surface area contributed by atoms with Crippen LogP contribution in [0.3, 0.4) is 0 Å². The van der Waals surface area contributed by atoms with Gasteiger partial charge in [0.2, 0.25) is 0 Å². The molecule has 0 aromatic carbocycles. The minimum absolute atomic E-state index is 0.155. The monoisotopic (exact) mass is 228 g/mol. The van der Waals surface area contributed by atoms with Crippen LogP contribution < -0.4 is 5.32 Å². The molecule has 1 unspecified atom stereocenters. The lowest BCUT2D eigenvalue weighted by atomic mass is 9.80. The fourth-order valence-electron chi connectivity index (χ4n) is 2.42. The number of nitrogens with one attached hydrogen (secondary N) is 1. The van der Waals surface area contributed by atoms with Crippen molar-refractivity contribution in [3.8, 4) is 0 Å². The Kier molecular flexibility index (Phi) is 4.74. The van der Waals surface area contributed by atoms with Crippen LogP contribution >= 0.6 is 0 Å². The summed E-state index contributed by atoms with van der Waals surface area (Å²) in [5.74, 6) is -0.773. The van der Waals surface area contributed by atoms with E-state index in [1.807, 2.05) is 0 Å². The van der Waals surface area contributed by atoms with Gasteiger partial charge in [0.1, 0.15) is 6.04 Å². The molecule has 0 bridgehead atoms. The minimum atomic E-state index is -0.773. The fourth-order valence-corrected chi connectivity index (χ4v) is 2.42. The number of likely N-dealkylation sites (N-methyl/N-ethyl adjacent to an activating group) is 1. The molecule has 4 heteroatoms. The Labute approximate surface area is 98.0 Å². The molecule has 0 heterocycles. The third-order valence-electron chi connectivity index (χ3n) is 3.84. The second-order valence-electron chi connectivity index (χ2n) is 5.12. The van der Waals surface area contributed by atoms with Crippen LogP contribution in [0.1, 0.15) is 39.0 Å². The SMILES string of the molecule is CC(NCC1(N(C)C)CCCCC1)C(=O)O. The number of carboxylic acids is 1. The Morgan fingerprint density at radius 1 is 1.38 bits per heavy atom. The second kappa shape index (κ2) is 5.64. The molecule has 0 spiro atoms. The van der Waals surface area contributed by atoms with Crippen LogP contribution in [0.2, 0.25) is 0 Å². The highest BCUT2D eigenvalue weighted by atomic mass is 16.4. The molecule has 1 fully saturated rings. The molecule has 0 saturated heterocycles. The number of hydrogen-bond acceptors (Lipinski definition) is 3. The summed E-state index contributed by atoms with van der Waals surface area (Å²) in [6, 6.07) is -0.459. The lowest BCUT2D eigenvalue weighted by Gasteiger charge is -2.43. The largest absolute Gasteiger partial charge is 0.480 e. The first-order chi connectivity index (χ1) is 7.48. The van der Waals surface area contributed by atoms with Gasteiger partial charge in [0.05, 0.1) is 0 Å². The number of hydrogen-bond donors (Lipinski definition) is 2. The highest BCUT2D eigenvalue weighted by molar-refractivity contribution is 5.72. The van der Waals surface area contributed by atoms with Gasteiger partial charge in [0, 0.05) is 12.1 Å². The topological polar surface area (TPSA) is 52.6 Å². The molecule has 1 aliphatic rings. The quantitative estimate of drug-likeness (QED) is 0.745. The summed E-state index contributed by atoms with van der Waals surface area (Å²) in [7, 11) is 4.19. The molecular formula is C12H24N2O2. The normalized spacial score (nSPS) is 22.0. The molecule has 0 radical (unpaired) electrons. The summed E-state index contributed by atoms with van der Waals surface area (Å²) in [4.78, 5) is 13.0. The second-order valence-corrected chi connectivity index (χ2v) is 5.12. The maximum atomic E-state index is 10.8. The molecule has 0 aliphatic heterocycles. The Bertz CT molecular complexity index is 235. The van der Waals surface area contributed by atoms with Gasteiger partial charge in [-0.15, -0.1) is 0 Å². The van der Waals surface area contributed by atoms with Crippen molar-refractivity contribution in [2.24, 2.45) is 0 Å². The van der Waals surface area contributed by atoms with Crippen LogP contribution in [-0.4, -0.2) is 48.2 Å². The maximum Gasteiger partial charge on any atom is 0.320 e. The first kappa shape index (κ1) is 13.5. The van der Waals surface area contributed by atoms with E-state index in [1.54, 1.807) is 6.92 Å². The van der Waals surface area contributed by atoms with Gasteiger partial charge in [0.25, 0.3) is 0 Å². The van der Waals surface area contributed by atoms with Crippen LogP contribution in [0, 0.1) is 0 Å². The van der Waals surface area contributed by atoms with Gasteiger partial charge >= 0.3 is 5.97 Å². The summed E-state index contributed by atoms with van der Waals surface area (Å²) in [5, 5.41) is 12.0. The van der Waals surface area contributed by atoms with E-state index in [2.05, 4.69) is 24.3 Å². The lowest BCUT2D eigenvalue weighted by Crippen LogP contribution is -2.55. The number of carboxylic acid groups (broad SMARTS) is 1. The molecule has 1 aliphatic carbocycles. The average molecular weight is 228 g/mol. The number of carbonyl (C=O) groups is 1. The highest BCUT2D eigenvalue weighted by Gasteiger charge is 2.34. The number of rotatable bonds is 5. The molecule has 16 heavy (non-hydrogen) atoms. The van der Waals surface area contributed by atoms with Gasteiger partial charge in [-0.2, -0.15) is 0 Å². The van der Waals surface area contributed by atoms with Crippen LogP contribution in [0.4, 0.5) is 0 Å². The first-order valence-electron chi connectivity index (χ1n) is 6.11. The van der Waals surface area contributed by atoms with E-state index >= 15 is 0 Å². The standard InChI is InChI=1S/C12H24N2O2/c1-10(11(15)16)13-9-12(14(2)3)7-5-4-6-8-12/h10,13H,4-9H2,1-3H3,(H,15,16). The predicted octanol–water partition coefficient (Wildman–Crippen LogP) is 1.31. The van der Waals surface area contributed by atoms with Crippen LogP contribution in [0.25, 0.3) is 0 Å². The number of aliphatic carboxylic acids is 1. The van der Waals surface area contributed by atoms with E-state index in [1.165, 1.54) is 32.1 Å². The van der Waals surface area contributed by atoms with Crippen molar-refractivity contribution in [1.82, 2.24) is 10.2 Å². The van der Waals surface area contributed by atoms with Crippen molar-refractivity contribution in [3.63, 3.8) is 0 Å². The summed E-state index contributed by atoms with van der Waals surface area (Å²) in [5.41, 5.74) is 0.155. The van der Waals surface area contributed by atoms with E-state index in [0.29, 0.717) is 0 Å². The van der Waals surface area contributed by atoms with Crippen molar-refractivity contribution in [3.05, 3.63) is 0 Å². The summed E-state index contributed by atoms with van der Waals surface area (Å²) in [6.07, 6.45) is 6.14. The summed E-state index contributed by atoms with van der Waals surface area (Å²) < 4.78 is 0. The van der Waals surface area contributed by atoms with Gasteiger partial charge in [-0.3, -0.25) is 4.79 Å². The van der Waals surface area contributed by atoms with E-state index in [-0.39, 0.29) is 5.54 Å². The highest BCUT2D eigenvalue weighted by Crippen LogP contribution is 2.31. The molecular weight excluding hydrogens is 204 g/mol. The zero-order valence-corrected chi connectivity index (χ0v) is 10.6. The molecule has 0 amide bonds. The average Bonchev–Trinajstić information content (AvgIpc) is 2.26. The zero-order chi connectivity index (χ0) is 12.2. The summed E-state index contributed by atoms with van der Waals surface area (Å²) >= 11 is 0. The molecule has 0 aromatic rings. The molecule has 1 rings (SSSR count). The van der Waals surface area contributed by atoms with Gasteiger partial charge < -0.3 is 15.3 Å². The number of nitrogens with zero attached hydrogens (tertiary/aromatic N) is 1. The molecule has 4 nitrogen and oxygen atoms in total. The molecule has 1 saturated carbocycles. The Morgan fingerprint density at radius 3 is 2.38 bits per heavy atom. The van der Waals surface area contributed by atoms with Gasteiger partial charge in [-0.25, -0.2) is 0 Å². The molecule has 94 valence electrons. The third kappa shape index (κ3) is 3.19. The molecule has 2 N–H and O–H groups in total. The fraction of sp³-hybridized carbons (Fsp3) is 0.917. The Morgan fingerprint density at radius 2 is 1.94 bits per heavy atom. The van der Waals surface area contributed by atoms with Crippen molar-refractivity contribution < 1.29 is 9.90 Å². The lowest BCUT2D eigenvalue weighted by molar-refractivity contribution is -0.139. The Balaban J connectivity index is 2.54. The Hall–Kier alpha value is -0.610. The van der Waals surface area contributed by atoms with Crippen molar-refractivity contribution in [2.75, 3.05) is 20.6 Å². The summed E-state index contributed by atoms with van der Waals surface area (Å²) in [6.45, 7) is 2.47. The van der Waals surface area contributed by atoms with E-state index in [0.717, 1.165) is 6.54 Å². The van der Waals surface area contributed by atoms with Crippen molar-refractivity contribution >= 4 is 5.97 Å². The third-order valence-corrected chi connectivity index (χ3v) is 3.84. The minimum Gasteiger partial charge on any atom is -0.480 e. The van der Waals surface area contributed by atoms with Crippen molar-refractivity contribution in [2.45, 2.75) is 50.6 Å². The predicted molar refractivity (Wildman–Crippen MR) is 64.6 cm³/mol. The van der Waals surface area contributed by atoms with E-state index in [9.17, 15) is 4.79 Å². The van der Waals surface area contributed by atoms with Crippen LogP contribution in [-0.2, 0) is 4.79 Å². The molecule has 1 atom stereocenters. The van der Waals surface area contributed by atoms with E-state index in [4.69, 9.17) is 5.11 Å². The van der Waals surface area contributed by atoms with Gasteiger partial charge in [-0.1, -0.05) is 19.3 Å². The van der Waals surface area contributed by atoms with Crippen molar-refractivity contribution in [1.29, 1.82) is 0 Å². The van der Waals surface area contributed by atoms with Crippen LogP contribution in [0.5, 0.6) is 0 Å². The van der Waals surface area contributed by atoms with Crippen LogP contribution in [0.15, 0.2) is 0 Å². The molecule has 0 aromatic heterocycles. The van der Waals surface area contributed by atoms with E-state index < -0.39 is 12.0 Å².